The molecule has 9 nitrogen and oxygen atoms in total. The topological polar surface area (TPSA) is 103 Å². The van der Waals surface area contributed by atoms with Crippen molar-refractivity contribution in [1.29, 1.82) is 0 Å². The molecule has 5 aromatic rings. The Morgan fingerprint density at radius 3 is 2.94 bits per heavy atom. The number of fused-ring (bicyclic) bond motifs is 2. The summed E-state index contributed by atoms with van der Waals surface area (Å²) in [7, 11) is 0. The van der Waals surface area contributed by atoms with E-state index < -0.39 is 0 Å². The molecule has 0 bridgehead atoms. The second kappa shape index (κ2) is 7.44. The number of rotatable bonds is 5. The molecule has 0 saturated carbocycles. The van der Waals surface area contributed by atoms with Crippen molar-refractivity contribution in [1.82, 2.24) is 29.8 Å². The molecule has 1 aromatic carbocycles. The molecule has 0 atom stereocenters. The molecule has 4 aromatic heterocycles. The van der Waals surface area contributed by atoms with Gasteiger partial charge in [-0.25, -0.2) is 15.0 Å². The van der Waals surface area contributed by atoms with Gasteiger partial charge in [-0.15, -0.1) is 0 Å². The first-order valence-corrected chi connectivity index (χ1v) is 10.3. The van der Waals surface area contributed by atoms with E-state index in [9.17, 15) is 0 Å². The molecule has 1 aliphatic heterocycles. The van der Waals surface area contributed by atoms with Gasteiger partial charge in [-0.05, 0) is 47.9 Å². The van der Waals surface area contributed by atoms with Gasteiger partial charge in [0.2, 0.25) is 0 Å². The van der Waals surface area contributed by atoms with Gasteiger partial charge in [0.25, 0.3) is 0 Å². The van der Waals surface area contributed by atoms with Crippen LogP contribution in [-0.4, -0.2) is 37.5 Å². The zero-order valence-electron chi connectivity index (χ0n) is 17.3. The number of aromatic nitrogens is 6. The van der Waals surface area contributed by atoms with E-state index in [0.29, 0.717) is 23.1 Å². The van der Waals surface area contributed by atoms with Crippen LogP contribution in [0, 0.1) is 13.3 Å². The monoisotopic (exact) mass is 423 g/mol. The van der Waals surface area contributed by atoms with Crippen molar-refractivity contribution in [2.45, 2.75) is 12.8 Å². The number of nitrogens with zero attached hydrogens (tertiary/aromatic N) is 6. The third-order valence-electron chi connectivity index (χ3n) is 5.57. The third-order valence-corrected chi connectivity index (χ3v) is 5.57. The van der Waals surface area contributed by atoms with E-state index in [2.05, 4.69) is 43.1 Å². The number of benzene rings is 1. The van der Waals surface area contributed by atoms with Gasteiger partial charge in [-0.2, -0.15) is 0 Å². The van der Waals surface area contributed by atoms with Crippen molar-refractivity contribution in [2.24, 2.45) is 0 Å². The number of pyridine rings is 2. The van der Waals surface area contributed by atoms with Crippen molar-refractivity contribution in [3.8, 4) is 11.5 Å². The number of nitrogens with one attached hydrogen (secondary N) is 2. The van der Waals surface area contributed by atoms with E-state index in [1.807, 2.05) is 43.3 Å². The lowest BCUT2D eigenvalue weighted by molar-refractivity contribution is -0.389. The van der Waals surface area contributed by atoms with Gasteiger partial charge in [0.05, 0.1) is 17.8 Å². The van der Waals surface area contributed by atoms with Crippen LogP contribution in [0.1, 0.15) is 17.2 Å². The molecule has 0 unspecified atom stereocenters. The SMILES string of the molecule is Cc1cc(Nc2ncnc3ccc(C4CNC4)nc23)ccc1Oc1ccn2[n+]#cnc2c1. The summed E-state index contributed by atoms with van der Waals surface area (Å²) in [4.78, 5) is 17.7. The summed E-state index contributed by atoms with van der Waals surface area (Å²) in [6.07, 6.45) is 5.93. The first-order chi connectivity index (χ1) is 15.7. The van der Waals surface area contributed by atoms with E-state index in [1.54, 1.807) is 17.0 Å². The largest absolute Gasteiger partial charge is 0.462 e. The summed E-state index contributed by atoms with van der Waals surface area (Å²) in [5.74, 6) is 2.58. The average molecular weight is 423 g/mol. The van der Waals surface area contributed by atoms with Gasteiger partial charge in [0.15, 0.2) is 5.82 Å². The molecule has 0 amide bonds. The second-order valence-electron chi connectivity index (χ2n) is 7.77. The van der Waals surface area contributed by atoms with Crippen molar-refractivity contribution < 1.29 is 9.84 Å². The number of aryl methyl sites for hydroxylation is 1. The summed E-state index contributed by atoms with van der Waals surface area (Å²) in [6.45, 7) is 3.91. The van der Waals surface area contributed by atoms with Crippen molar-refractivity contribution in [2.75, 3.05) is 18.4 Å². The van der Waals surface area contributed by atoms with Gasteiger partial charge < -0.3 is 15.4 Å². The second-order valence-corrected chi connectivity index (χ2v) is 7.77. The fourth-order valence-corrected chi connectivity index (χ4v) is 3.69. The summed E-state index contributed by atoms with van der Waals surface area (Å²) in [6, 6.07) is 13.6. The van der Waals surface area contributed by atoms with Gasteiger partial charge >= 0.3 is 12.0 Å². The maximum atomic E-state index is 6.06. The standard InChI is InChI=1S/C23H19N8O/c1-14-8-16(2-5-20(14)32-17-6-7-31-21(9-17)26-13-28-31)29-23-22-19(25-12-27-23)4-3-18(30-22)15-10-24-11-15/h2-9,12,15,24H,10-11H2,1H3,(H,25,27,29)/q+1. The minimum absolute atomic E-state index is 0.445. The van der Waals surface area contributed by atoms with Crippen molar-refractivity contribution in [3.05, 3.63) is 72.6 Å². The van der Waals surface area contributed by atoms with Gasteiger partial charge in [0.1, 0.15) is 23.3 Å². The lowest BCUT2D eigenvalue weighted by atomic mass is 9.98. The molecule has 32 heavy (non-hydrogen) atoms. The summed E-state index contributed by atoms with van der Waals surface area (Å²) >= 11 is 0. The van der Waals surface area contributed by atoms with Gasteiger partial charge in [-0.1, -0.05) is 4.52 Å². The zero-order chi connectivity index (χ0) is 21.5. The molecule has 0 radical (unpaired) electrons. The van der Waals surface area contributed by atoms with Crippen LogP contribution < -0.4 is 20.5 Å². The fraction of sp³-hybridized carbons (Fsp3) is 0.174. The Hall–Kier alpha value is -4.29. The maximum absolute atomic E-state index is 6.06. The Balaban J connectivity index is 1.27. The molecule has 6 rings (SSSR count). The Morgan fingerprint density at radius 2 is 2.09 bits per heavy atom. The number of ether oxygens (including phenoxy) is 1. The van der Waals surface area contributed by atoms with E-state index >= 15 is 0 Å². The summed E-state index contributed by atoms with van der Waals surface area (Å²) in [5.41, 5.74) is 5.21. The predicted molar refractivity (Wildman–Crippen MR) is 117 cm³/mol. The number of anilines is 2. The molecule has 1 aliphatic rings. The first kappa shape index (κ1) is 18.5. The predicted octanol–water partition coefficient (Wildman–Crippen LogP) is 2.60. The minimum atomic E-state index is 0.445. The molecular weight excluding hydrogens is 404 g/mol. The van der Waals surface area contributed by atoms with E-state index in [1.165, 1.54) is 0 Å². The highest BCUT2D eigenvalue weighted by Gasteiger charge is 2.21. The van der Waals surface area contributed by atoms with Crippen molar-refractivity contribution in [3.63, 3.8) is 0 Å². The normalized spacial score (nSPS) is 13.7. The fourth-order valence-electron chi connectivity index (χ4n) is 3.69. The smallest absolute Gasteiger partial charge is 0.457 e. The van der Waals surface area contributed by atoms with Gasteiger partial charge in [-0.3, -0.25) is 0 Å². The molecule has 1 saturated heterocycles. The molecule has 156 valence electrons. The van der Waals surface area contributed by atoms with E-state index in [4.69, 9.17) is 9.72 Å². The third kappa shape index (κ3) is 3.33. The van der Waals surface area contributed by atoms with E-state index in [0.717, 1.165) is 46.8 Å². The Kier molecular flexibility index (Phi) is 4.30. The minimum Gasteiger partial charge on any atom is -0.457 e. The maximum Gasteiger partial charge on any atom is 0.462 e. The lowest BCUT2D eigenvalue weighted by Crippen LogP contribution is -2.40. The van der Waals surface area contributed by atoms with Crippen LogP contribution in [0.15, 0.2) is 55.0 Å². The van der Waals surface area contributed by atoms with Crippen molar-refractivity contribution >= 4 is 28.2 Å². The Labute approximate surface area is 183 Å². The van der Waals surface area contributed by atoms with Crippen LogP contribution in [0.3, 0.4) is 0 Å². The molecular formula is C23H19N8O+. The van der Waals surface area contributed by atoms with Crippen LogP contribution in [0.5, 0.6) is 11.5 Å². The Bertz CT molecular complexity index is 1440. The summed E-state index contributed by atoms with van der Waals surface area (Å²) in [5, 5.41) is 10.7. The summed E-state index contributed by atoms with van der Waals surface area (Å²) < 4.78 is 7.69. The van der Waals surface area contributed by atoms with Crippen LogP contribution in [-0.2, 0) is 0 Å². The molecule has 9 heteroatoms. The van der Waals surface area contributed by atoms with Crippen LogP contribution >= 0.6 is 0 Å². The molecule has 0 aliphatic carbocycles. The molecule has 2 N–H and O–H groups in total. The number of hydrogen-bond donors (Lipinski definition) is 2. The number of hydrogen-bond acceptors (Lipinski definition) is 7. The van der Waals surface area contributed by atoms with Crippen LogP contribution in [0.25, 0.3) is 16.7 Å². The molecule has 5 heterocycles. The highest BCUT2D eigenvalue weighted by molar-refractivity contribution is 5.87. The van der Waals surface area contributed by atoms with E-state index in [-0.39, 0.29) is 0 Å². The van der Waals surface area contributed by atoms with Gasteiger partial charge in [0, 0.05) is 41.4 Å². The first-order valence-electron chi connectivity index (χ1n) is 10.3. The highest BCUT2D eigenvalue weighted by Crippen LogP contribution is 2.30. The highest BCUT2D eigenvalue weighted by atomic mass is 16.5. The molecule has 0 spiro atoms. The zero-order valence-corrected chi connectivity index (χ0v) is 17.3. The Morgan fingerprint density at radius 1 is 1.16 bits per heavy atom. The van der Waals surface area contributed by atoms with Crippen LogP contribution in [0.2, 0.25) is 0 Å². The average Bonchev–Trinajstić information content (AvgIpc) is 3.23. The molecule has 1 fully saturated rings. The lowest BCUT2D eigenvalue weighted by Gasteiger charge is -2.26. The quantitative estimate of drug-likeness (QED) is 0.445. The van der Waals surface area contributed by atoms with Crippen LogP contribution in [0.4, 0.5) is 11.5 Å².